The summed E-state index contributed by atoms with van der Waals surface area (Å²) in [6.45, 7) is 6.54. The summed E-state index contributed by atoms with van der Waals surface area (Å²) in [6.07, 6.45) is 0. The molecule has 0 aromatic rings. The van der Waals surface area contributed by atoms with Crippen molar-refractivity contribution in [3.63, 3.8) is 0 Å². The number of nitrogens with zero attached hydrogens (tertiary/aromatic N) is 2. The van der Waals surface area contributed by atoms with Crippen LogP contribution in [0.4, 0.5) is 0 Å². The lowest BCUT2D eigenvalue weighted by atomic mass is 10.2. The quantitative estimate of drug-likeness (QED) is 0.658. The molecular weight excluding hydrogens is 184 g/mol. The molecule has 1 aliphatic rings. The Hall–Kier alpha value is -0.0600. The number of thiol groups is 1. The Bertz CT molecular complexity index is 176. The lowest BCUT2D eigenvalue weighted by Crippen LogP contribution is -2.47. The predicted octanol–water partition coefficient (Wildman–Crippen LogP) is 0.121. The van der Waals surface area contributed by atoms with Crippen LogP contribution in [0.5, 0.6) is 0 Å². The molecule has 1 unspecified atom stereocenters. The number of hydrogen-bond acceptors (Lipinski definition) is 4. The second-order valence-electron chi connectivity index (χ2n) is 3.72. The highest BCUT2D eigenvalue weighted by molar-refractivity contribution is 7.81. The van der Waals surface area contributed by atoms with Crippen molar-refractivity contribution in [2.45, 2.75) is 12.2 Å². The Labute approximate surface area is 85.5 Å². The molecule has 0 amide bonds. The Morgan fingerprint density at radius 3 is 2.38 bits per heavy atom. The molecule has 1 atom stereocenters. The number of carbonyl (C=O) groups excluding carboxylic acids is 1. The van der Waals surface area contributed by atoms with Gasteiger partial charge in [-0.1, -0.05) is 0 Å². The molecule has 4 heteroatoms. The van der Waals surface area contributed by atoms with Gasteiger partial charge in [-0.25, -0.2) is 0 Å². The molecule has 0 spiro atoms. The van der Waals surface area contributed by atoms with Crippen LogP contribution >= 0.6 is 12.6 Å². The minimum Gasteiger partial charge on any atom is -0.304 e. The number of rotatable bonds is 3. The van der Waals surface area contributed by atoms with Crippen molar-refractivity contribution in [2.75, 3.05) is 39.8 Å². The van der Waals surface area contributed by atoms with Crippen molar-refractivity contribution in [3.05, 3.63) is 0 Å². The van der Waals surface area contributed by atoms with E-state index in [9.17, 15) is 4.79 Å². The molecule has 1 heterocycles. The van der Waals surface area contributed by atoms with Gasteiger partial charge in [0.15, 0.2) is 5.78 Å². The third-order valence-corrected chi connectivity index (χ3v) is 2.73. The molecule has 3 nitrogen and oxygen atoms in total. The molecule has 0 N–H and O–H groups in total. The highest BCUT2D eigenvalue weighted by Crippen LogP contribution is 2.02. The van der Waals surface area contributed by atoms with Crippen LogP contribution in [0.1, 0.15) is 6.92 Å². The number of carbonyl (C=O) groups is 1. The summed E-state index contributed by atoms with van der Waals surface area (Å²) in [4.78, 5) is 15.8. The van der Waals surface area contributed by atoms with Gasteiger partial charge < -0.3 is 4.90 Å². The van der Waals surface area contributed by atoms with Gasteiger partial charge in [-0.3, -0.25) is 9.69 Å². The second-order valence-corrected chi connectivity index (χ2v) is 4.50. The molecular formula is C9H18N2OS. The van der Waals surface area contributed by atoms with E-state index in [-0.39, 0.29) is 11.0 Å². The van der Waals surface area contributed by atoms with E-state index in [0.717, 1.165) is 26.2 Å². The Balaban J connectivity index is 2.26. The van der Waals surface area contributed by atoms with Crippen molar-refractivity contribution < 1.29 is 4.79 Å². The average molecular weight is 202 g/mol. The Morgan fingerprint density at radius 1 is 1.38 bits per heavy atom. The van der Waals surface area contributed by atoms with E-state index in [1.54, 1.807) is 0 Å². The normalized spacial score (nSPS) is 23.0. The minimum atomic E-state index is -0.125. The summed E-state index contributed by atoms with van der Waals surface area (Å²) < 4.78 is 0. The summed E-state index contributed by atoms with van der Waals surface area (Å²) in [5.74, 6) is 0.230. The average Bonchev–Trinajstić information content (AvgIpc) is 2.08. The van der Waals surface area contributed by atoms with Crippen LogP contribution < -0.4 is 0 Å². The molecule has 0 saturated carbocycles. The standard InChI is InChI=1S/C9H18N2OS/c1-8(13)9(12)7-11-5-3-10(2)4-6-11/h8,13H,3-7H2,1-2H3. The van der Waals surface area contributed by atoms with E-state index in [1.807, 2.05) is 6.92 Å². The summed E-state index contributed by atoms with van der Waals surface area (Å²) in [5.41, 5.74) is 0. The number of piperazine rings is 1. The highest BCUT2D eigenvalue weighted by atomic mass is 32.1. The van der Waals surface area contributed by atoms with Crippen molar-refractivity contribution in [1.29, 1.82) is 0 Å². The molecule has 76 valence electrons. The molecule has 0 bridgehead atoms. The first-order valence-electron chi connectivity index (χ1n) is 4.71. The van der Waals surface area contributed by atoms with Crippen LogP contribution in [0.15, 0.2) is 0 Å². The van der Waals surface area contributed by atoms with Crippen LogP contribution in [0.2, 0.25) is 0 Å². The van der Waals surface area contributed by atoms with Gasteiger partial charge in [-0.15, -0.1) is 0 Å². The molecule has 0 aromatic heterocycles. The van der Waals surface area contributed by atoms with Crippen molar-refractivity contribution >= 4 is 18.4 Å². The molecule has 0 radical (unpaired) electrons. The van der Waals surface area contributed by atoms with Crippen LogP contribution in [-0.2, 0) is 4.79 Å². The molecule has 13 heavy (non-hydrogen) atoms. The van der Waals surface area contributed by atoms with Gasteiger partial charge in [0.1, 0.15) is 0 Å². The van der Waals surface area contributed by atoms with Crippen molar-refractivity contribution in [3.8, 4) is 0 Å². The number of ketones is 1. The minimum absolute atomic E-state index is 0.125. The van der Waals surface area contributed by atoms with Crippen LogP contribution in [0.25, 0.3) is 0 Å². The van der Waals surface area contributed by atoms with Gasteiger partial charge in [0, 0.05) is 26.2 Å². The fraction of sp³-hybridized carbons (Fsp3) is 0.889. The highest BCUT2D eigenvalue weighted by Gasteiger charge is 2.17. The fourth-order valence-electron chi connectivity index (χ4n) is 1.36. The van der Waals surface area contributed by atoms with E-state index < -0.39 is 0 Å². The van der Waals surface area contributed by atoms with E-state index in [4.69, 9.17) is 0 Å². The molecule has 1 rings (SSSR count). The van der Waals surface area contributed by atoms with E-state index in [0.29, 0.717) is 6.54 Å². The van der Waals surface area contributed by atoms with Gasteiger partial charge in [0.2, 0.25) is 0 Å². The SMILES string of the molecule is CC(S)C(=O)CN1CCN(C)CC1. The zero-order valence-electron chi connectivity index (χ0n) is 8.36. The van der Waals surface area contributed by atoms with Crippen molar-refractivity contribution in [1.82, 2.24) is 9.80 Å². The summed E-state index contributed by atoms with van der Waals surface area (Å²) in [6, 6.07) is 0. The van der Waals surface area contributed by atoms with E-state index in [1.165, 1.54) is 0 Å². The first-order chi connectivity index (χ1) is 6.09. The first kappa shape index (κ1) is 11.0. The van der Waals surface area contributed by atoms with Crippen LogP contribution in [0, 0.1) is 0 Å². The maximum atomic E-state index is 11.4. The third-order valence-electron chi connectivity index (χ3n) is 2.44. The molecule has 0 aliphatic carbocycles. The molecule has 1 fully saturated rings. The van der Waals surface area contributed by atoms with Crippen molar-refractivity contribution in [2.24, 2.45) is 0 Å². The summed E-state index contributed by atoms with van der Waals surface area (Å²) in [5, 5.41) is -0.125. The number of likely N-dealkylation sites (N-methyl/N-ethyl adjacent to an activating group) is 1. The van der Waals surface area contributed by atoms with Gasteiger partial charge in [0.05, 0.1) is 11.8 Å². The second kappa shape index (κ2) is 4.98. The monoisotopic (exact) mass is 202 g/mol. The number of Topliss-reactive ketones (excluding diaryl/α,β-unsaturated/α-hetero) is 1. The molecule has 1 saturated heterocycles. The van der Waals surface area contributed by atoms with Gasteiger partial charge in [-0.05, 0) is 14.0 Å². The predicted molar refractivity (Wildman–Crippen MR) is 57.4 cm³/mol. The molecule has 0 aromatic carbocycles. The van der Waals surface area contributed by atoms with E-state index in [2.05, 4.69) is 29.5 Å². The van der Waals surface area contributed by atoms with Crippen LogP contribution in [-0.4, -0.2) is 60.6 Å². The van der Waals surface area contributed by atoms with Gasteiger partial charge in [0.25, 0.3) is 0 Å². The zero-order valence-corrected chi connectivity index (χ0v) is 9.26. The van der Waals surface area contributed by atoms with E-state index >= 15 is 0 Å². The maximum Gasteiger partial charge on any atom is 0.159 e. The topological polar surface area (TPSA) is 23.6 Å². The smallest absolute Gasteiger partial charge is 0.159 e. The Kier molecular flexibility index (Phi) is 4.22. The fourth-order valence-corrected chi connectivity index (χ4v) is 1.44. The summed E-state index contributed by atoms with van der Waals surface area (Å²) >= 11 is 4.12. The van der Waals surface area contributed by atoms with Gasteiger partial charge in [-0.2, -0.15) is 12.6 Å². The lowest BCUT2D eigenvalue weighted by Gasteiger charge is -2.32. The van der Waals surface area contributed by atoms with Gasteiger partial charge >= 0.3 is 0 Å². The largest absolute Gasteiger partial charge is 0.304 e. The summed E-state index contributed by atoms with van der Waals surface area (Å²) in [7, 11) is 2.11. The molecule has 1 aliphatic heterocycles. The third kappa shape index (κ3) is 3.67. The maximum absolute atomic E-state index is 11.4. The first-order valence-corrected chi connectivity index (χ1v) is 5.23. The number of hydrogen-bond donors (Lipinski definition) is 1. The Morgan fingerprint density at radius 2 is 1.92 bits per heavy atom. The lowest BCUT2D eigenvalue weighted by molar-refractivity contribution is -0.119. The zero-order chi connectivity index (χ0) is 9.84. The van der Waals surface area contributed by atoms with Crippen LogP contribution in [0.3, 0.4) is 0 Å².